The maximum Gasteiger partial charge on any atom is 0.246 e. The van der Waals surface area contributed by atoms with Crippen LogP contribution in [0.3, 0.4) is 0 Å². The lowest BCUT2D eigenvalue weighted by atomic mass is 10.2. The van der Waals surface area contributed by atoms with Gasteiger partial charge in [-0.1, -0.05) is 22.0 Å². The number of halogens is 2. The van der Waals surface area contributed by atoms with E-state index in [1.165, 1.54) is 25.3 Å². The summed E-state index contributed by atoms with van der Waals surface area (Å²) >= 11 is 3.14. The number of sulfonamides is 1. The van der Waals surface area contributed by atoms with Gasteiger partial charge in [0.05, 0.1) is 0 Å². The van der Waals surface area contributed by atoms with E-state index < -0.39 is 15.8 Å². The van der Waals surface area contributed by atoms with Gasteiger partial charge in [-0.3, -0.25) is 0 Å². The number of nitrogens with two attached hydrogens (primary N) is 1. The summed E-state index contributed by atoms with van der Waals surface area (Å²) in [6, 6.07) is 2.69. The molecule has 0 radical (unpaired) electrons. The van der Waals surface area contributed by atoms with E-state index >= 15 is 0 Å². The van der Waals surface area contributed by atoms with Crippen molar-refractivity contribution in [2.24, 2.45) is 5.73 Å². The van der Waals surface area contributed by atoms with E-state index in [9.17, 15) is 12.8 Å². The molecule has 0 bridgehead atoms. The first kappa shape index (κ1) is 15.3. The molecule has 0 aliphatic rings. The van der Waals surface area contributed by atoms with Crippen LogP contribution in [0.15, 0.2) is 34.2 Å². The molecule has 1 aromatic carbocycles. The van der Waals surface area contributed by atoms with Gasteiger partial charge in [0.15, 0.2) is 0 Å². The summed E-state index contributed by atoms with van der Waals surface area (Å²) < 4.78 is 39.8. The van der Waals surface area contributed by atoms with Crippen LogP contribution in [0.5, 0.6) is 0 Å². The van der Waals surface area contributed by atoms with Crippen LogP contribution in [0.1, 0.15) is 5.56 Å². The third-order valence-corrected chi connectivity index (χ3v) is 4.65. The number of likely N-dealkylation sites (N-methyl/N-ethyl adjacent to an activating group) is 1. The first-order chi connectivity index (χ1) is 8.34. The van der Waals surface area contributed by atoms with E-state index in [1.54, 1.807) is 0 Å². The smallest absolute Gasteiger partial charge is 0.246 e. The van der Waals surface area contributed by atoms with Gasteiger partial charge in [-0.25, -0.2) is 12.8 Å². The quantitative estimate of drug-likeness (QED) is 0.834. The van der Waals surface area contributed by atoms with Gasteiger partial charge in [-0.15, -0.1) is 6.58 Å². The molecule has 0 fully saturated rings. The number of nitrogens with zero attached hydrogens (tertiary/aromatic N) is 1. The van der Waals surface area contributed by atoms with Gasteiger partial charge in [-0.2, -0.15) is 4.31 Å². The Morgan fingerprint density at radius 1 is 1.56 bits per heavy atom. The van der Waals surface area contributed by atoms with Gasteiger partial charge >= 0.3 is 0 Å². The minimum Gasteiger partial charge on any atom is -0.326 e. The molecule has 0 aliphatic carbocycles. The standard InChI is InChI=1S/C11H14BrFN2O2S/c1-3-4-15(2)18(16,17)10-6-9(12)5-8(7-14)11(10)13/h3,5-6H,1,4,7,14H2,2H3. The summed E-state index contributed by atoms with van der Waals surface area (Å²) in [5.74, 6) is -0.809. The van der Waals surface area contributed by atoms with Crippen molar-refractivity contribution in [2.45, 2.75) is 11.4 Å². The molecule has 0 saturated heterocycles. The van der Waals surface area contributed by atoms with Gasteiger partial charge in [0.2, 0.25) is 10.0 Å². The van der Waals surface area contributed by atoms with Crippen LogP contribution in [0, 0.1) is 5.82 Å². The fraction of sp³-hybridized carbons (Fsp3) is 0.273. The van der Waals surface area contributed by atoms with Crippen molar-refractivity contribution >= 4 is 26.0 Å². The molecule has 0 aliphatic heterocycles. The highest BCUT2D eigenvalue weighted by Crippen LogP contribution is 2.25. The molecule has 0 heterocycles. The Kier molecular flexibility index (Phi) is 5.03. The number of rotatable bonds is 5. The minimum absolute atomic E-state index is 0.0705. The lowest BCUT2D eigenvalue weighted by Crippen LogP contribution is -2.28. The maximum absolute atomic E-state index is 14.0. The molecule has 18 heavy (non-hydrogen) atoms. The Balaban J connectivity index is 3.41. The van der Waals surface area contributed by atoms with E-state index in [1.807, 2.05) is 0 Å². The predicted molar refractivity (Wildman–Crippen MR) is 72.0 cm³/mol. The molecular formula is C11H14BrFN2O2S. The largest absolute Gasteiger partial charge is 0.326 e. The highest BCUT2D eigenvalue weighted by molar-refractivity contribution is 9.10. The molecule has 4 nitrogen and oxygen atoms in total. The maximum atomic E-state index is 14.0. The zero-order chi connectivity index (χ0) is 13.9. The molecule has 7 heteroatoms. The van der Waals surface area contributed by atoms with Crippen molar-refractivity contribution in [3.8, 4) is 0 Å². The third kappa shape index (κ3) is 2.97. The van der Waals surface area contributed by atoms with E-state index in [0.717, 1.165) is 4.31 Å². The fourth-order valence-electron chi connectivity index (χ4n) is 1.40. The molecule has 2 N–H and O–H groups in total. The summed E-state index contributed by atoms with van der Waals surface area (Å²) in [6.45, 7) is 3.49. The highest BCUT2D eigenvalue weighted by atomic mass is 79.9. The molecule has 0 saturated carbocycles. The topological polar surface area (TPSA) is 63.4 Å². The van der Waals surface area contributed by atoms with E-state index in [0.29, 0.717) is 4.47 Å². The summed E-state index contributed by atoms with van der Waals surface area (Å²) in [5.41, 5.74) is 5.53. The second-order valence-electron chi connectivity index (χ2n) is 3.66. The van der Waals surface area contributed by atoms with Gasteiger partial charge < -0.3 is 5.73 Å². The summed E-state index contributed by atoms with van der Waals surface area (Å²) in [7, 11) is -2.52. The van der Waals surface area contributed by atoms with E-state index in [4.69, 9.17) is 5.73 Å². The third-order valence-electron chi connectivity index (χ3n) is 2.37. The molecule has 100 valence electrons. The first-order valence-corrected chi connectivity index (χ1v) is 7.33. The predicted octanol–water partition coefficient (Wildman–Crippen LogP) is 1.85. The number of benzene rings is 1. The van der Waals surface area contributed by atoms with Gasteiger partial charge in [0.25, 0.3) is 0 Å². The lowest BCUT2D eigenvalue weighted by molar-refractivity contribution is 0.487. The van der Waals surface area contributed by atoms with Crippen molar-refractivity contribution in [3.05, 3.63) is 40.6 Å². The normalized spacial score (nSPS) is 11.8. The second kappa shape index (κ2) is 5.92. The van der Waals surface area contributed by atoms with Crippen molar-refractivity contribution in [3.63, 3.8) is 0 Å². The van der Waals surface area contributed by atoms with Gasteiger partial charge in [-0.05, 0) is 12.1 Å². The second-order valence-corrected chi connectivity index (χ2v) is 6.58. The van der Waals surface area contributed by atoms with Gasteiger partial charge in [0.1, 0.15) is 10.7 Å². The van der Waals surface area contributed by atoms with Crippen molar-refractivity contribution in [2.75, 3.05) is 13.6 Å². The van der Waals surface area contributed by atoms with E-state index in [-0.39, 0.29) is 23.5 Å². The molecule has 0 aromatic heterocycles. The average Bonchev–Trinajstić information content (AvgIpc) is 2.31. The molecule has 0 spiro atoms. The van der Waals surface area contributed by atoms with E-state index in [2.05, 4.69) is 22.5 Å². The van der Waals surface area contributed by atoms with Crippen LogP contribution in [0.2, 0.25) is 0 Å². The first-order valence-electron chi connectivity index (χ1n) is 5.09. The Morgan fingerprint density at radius 2 is 2.17 bits per heavy atom. The zero-order valence-electron chi connectivity index (χ0n) is 9.86. The Labute approximate surface area is 114 Å². The molecule has 1 rings (SSSR count). The summed E-state index contributed by atoms with van der Waals surface area (Å²) in [4.78, 5) is -0.387. The average molecular weight is 337 g/mol. The Hall–Kier alpha value is -0.760. The lowest BCUT2D eigenvalue weighted by Gasteiger charge is -2.17. The van der Waals surface area contributed by atoms with Crippen LogP contribution in [-0.4, -0.2) is 26.3 Å². The molecule has 0 atom stereocenters. The van der Waals surface area contributed by atoms with Crippen LogP contribution in [0.25, 0.3) is 0 Å². The highest BCUT2D eigenvalue weighted by Gasteiger charge is 2.25. The van der Waals surface area contributed by atoms with Crippen LogP contribution < -0.4 is 5.73 Å². The Bertz CT molecular complexity index is 560. The molecular weight excluding hydrogens is 323 g/mol. The monoisotopic (exact) mass is 336 g/mol. The van der Waals surface area contributed by atoms with Crippen molar-refractivity contribution in [1.29, 1.82) is 0 Å². The van der Waals surface area contributed by atoms with Crippen LogP contribution in [0.4, 0.5) is 4.39 Å². The van der Waals surface area contributed by atoms with Crippen molar-refractivity contribution < 1.29 is 12.8 Å². The number of hydrogen-bond acceptors (Lipinski definition) is 3. The zero-order valence-corrected chi connectivity index (χ0v) is 12.3. The molecule has 0 unspecified atom stereocenters. The SMILES string of the molecule is C=CCN(C)S(=O)(=O)c1cc(Br)cc(CN)c1F. The Morgan fingerprint density at radius 3 is 2.67 bits per heavy atom. The fourth-order valence-corrected chi connectivity index (χ4v) is 3.33. The van der Waals surface area contributed by atoms with Crippen molar-refractivity contribution in [1.82, 2.24) is 4.31 Å². The minimum atomic E-state index is -3.89. The van der Waals surface area contributed by atoms with Crippen LogP contribution in [-0.2, 0) is 16.6 Å². The summed E-state index contributed by atoms with van der Waals surface area (Å²) in [5, 5.41) is 0. The summed E-state index contributed by atoms with van der Waals surface area (Å²) in [6.07, 6.45) is 1.43. The molecule has 0 amide bonds. The number of hydrogen-bond donors (Lipinski definition) is 1. The van der Waals surface area contributed by atoms with Gasteiger partial charge in [0, 0.05) is 30.2 Å². The van der Waals surface area contributed by atoms with Crippen LogP contribution >= 0.6 is 15.9 Å². The molecule has 1 aromatic rings.